The van der Waals surface area contributed by atoms with Crippen molar-refractivity contribution in [3.05, 3.63) is 35.4 Å². The summed E-state index contributed by atoms with van der Waals surface area (Å²) >= 11 is 0. The van der Waals surface area contributed by atoms with Gasteiger partial charge in [-0.2, -0.15) is 0 Å². The quantitative estimate of drug-likeness (QED) is 0.812. The highest BCUT2D eigenvalue weighted by atomic mass is 35.5. The SMILES string of the molecule is CCC(C)(C)c1ccc(CNC(=O)C(N)COC)cc1.Cl. The number of ether oxygens (including phenoxy) is 1. The molecule has 0 aliphatic rings. The zero-order valence-corrected chi connectivity index (χ0v) is 14.1. The molecule has 0 aliphatic heterocycles. The first-order valence-corrected chi connectivity index (χ1v) is 7.02. The van der Waals surface area contributed by atoms with Crippen LogP contribution in [0, 0.1) is 0 Å². The fourth-order valence-electron chi connectivity index (χ4n) is 1.85. The van der Waals surface area contributed by atoms with Crippen molar-refractivity contribution >= 4 is 18.3 Å². The zero-order valence-electron chi connectivity index (χ0n) is 13.3. The van der Waals surface area contributed by atoms with Crippen LogP contribution in [0.3, 0.4) is 0 Å². The van der Waals surface area contributed by atoms with E-state index in [4.69, 9.17) is 10.5 Å². The molecular weight excluding hydrogens is 288 g/mol. The molecule has 0 saturated carbocycles. The Balaban J connectivity index is 0.00000400. The molecule has 3 N–H and O–H groups in total. The minimum atomic E-state index is -0.613. The Kier molecular flexibility index (Phi) is 8.55. The summed E-state index contributed by atoms with van der Waals surface area (Å²) in [5.41, 5.74) is 8.22. The maximum Gasteiger partial charge on any atom is 0.239 e. The Morgan fingerprint density at radius 3 is 2.38 bits per heavy atom. The van der Waals surface area contributed by atoms with E-state index < -0.39 is 6.04 Å². The van der Waals surface area contributed by atoms with Crippen LogP contribution in [0.25, 0.3) is 0 Å². The smallest absolute Gasteiger partial charge is 0.239 e. The molecule has 1 aromatic rings. The van der Waals surface area contributed by atoms with Gasteiger partial charge in [-0.05, 0) is 23.0 Å². The molecule has 1 unspecified atom stereocenters. The Morgan fingerprint density at radius 2 is 1.90 bits per heavy atom. The van der Waals surface area contributed by atoms with Gasteiger partial charge in [-0.15, -0.1) is 12.4 Å². The van der Waals surface area contributed by atoms with Gasteiger partial charge < -0.3 is 15.8 Å². The largest absolute Gasteiger partial charge is 0.383 e. The van der Waals surface area contributed by atoms with Gasteiger partial charge in [0.2, 0.25) is 5.91 Å². The molecule has 0 heterocycles. The zero-order chi connectivity index (χ0) is 15.2. The summed E-state index contributed by atoms with van der Waals surface area (Å²) in [5.74, 6) is -0.190. The molecule has 1 atom stereocenters. The maximum atomic E-state index is 11.7. The molecule has 1 amide bonds. The lowest BCUT2D eigenvalue weighted by atomic mass is 9.82. The van der Waals surface area contributed by atoms with Crippen molar-refractivity contribution in [3.63, 3.8) is 0 Å². The molecule has 0 bridgehead atoms. The fourth-order valence-corrected chi connectivity index (χ4v) is 1.85. The van der Waals surface area contributed by atoms with Gasteiger partial charge in [0, 0.05) is 13.7 Å². The molecule has 5 heteroatoms. The Bertz CT molecular complexity index is 432. The van der Waals surface area contributed by atoms with Gasteiger partial charge in [-0.1, -0.05) is 45.0 Å². The van der Waals surface area contributed by atoms with Gasteiger partial charge in [0.1, 0.15) is 6.04 Å². The minimum absolute atomic E-state index is 0. The molecule has 21 heavy (non-hydrogen) atoms. The van der Waals surface area contributed by atoms with E-state index in [-0.39, 0.29) is 30.3 Å². The topological polar surface area (TPSA) is 64.4 Å². The number of rotatable bonds is 7. The van der Waals surface area contributed by atoms with Crippen molar-refractivity contribution in [2.75, 3.05) is 13.7 Å². The van der Waals surface area contributed by atoms with Crippen LogP contribution in [0.4, 0.5) is 0 Å². The summed E-state index contributed by atoms with van der Waals surface area (Å²) in [6.45, 7) is 7.37. The predicted octanol–water partition coefficient (Wildman–Crippen LogP) is 2.39. The van der Waals surface area contributed by atoms with Crippen LogP contribution < -0.4 is 11.1 Å². The number of hydrogen-bond acceptors (Lipinski definition) is 3. The van der Waals surface area contributed by atoms with Crippen molar-refractivity contribution in [1.82, 2.24) is 5.32 Å². The van der Waals surface area contributed by atoms with Gasteiger partial charge in [-0.3, -0.25) is 4.79 Å². The third-order valence-electron chi connectivity index (χ3n) is 3.77. The van der Waals surface area contributed by atoms with Crippen LogP contribution in [0.5, 0.6) is 0 Å². The van der Waals surface area contributed by atoms with Gasteiger partial charge in [0.25, 0.3) is 0 Å². The van der Waals surface area contributed by atoms with Gasteiger partial charge in [0.15, 0.2) is 0 Å². The van der Waals surface area contributed by atoms with E-state index in [9.17, 15) is 4.79 Å². The van der Waals surface area contributed by atoms with Crippen LogP contribution in [0.15, 0.2) is 24.3 Å². The van der Waals surface area contributed by atoms with E-state index in [0.717, 1.165) is 12.0 Å². The standard InChI is InChI=1S/C16H26N2O2.ClH/c1-5-16(2,3)13-8-6-12(7-9-13)10-18-15(19)14(17)11-20-4;/h6-9,14H,5,10-11,17H2,1-4H3,(H,18,19);1H. The summed E-state index contributed by atoms with van der Waals surface area (Å²) < 4.78 is 4.86. The number of nitrogens with two attached hydrogens (primary N) is 1. The van der Waals surface area contributed by atoms with Crippen molar-refractivity contribution in [2.24, 2.45) is 5.73 Å². The molecule has 120 valence electrons. The summed E-state index contributed by atoms with van der Waals surface area (Å²) in [5, 5.41) is 2.81. The first kappa shape index (κ1) is 19.9. The predicted molar refractivity (Wildman–Crippen MR) is 88.7 cm³/mol. The first-order chi connectivity index (χ1) is 9.40. The van der Waals surface area contributed by atoms with E-state index >= 15 is 0 Å². The number of amides is 1. The first-order valence-electron chi connectivity index (χ1n) is 7.02. The lowest BCUT2D eigenvalue weighted by Crippen LogP contribution is -2.43. The van der Waals surface area contributed by atoms with E-state index in [2.05, 4.69) is 50.4 Å². The number of nitrogens with one attached hydrogen (secondary N) is 1. The normalized spacial score (nSPS) is 12.4. The van der Waals surface area contributed by atoms with Crippen LogP contribution in [0.2, 0.25) is 0 Å². The Labute approximate surface area is 133 Å². The number of methoxy groups -OCH3 is 1. The third-order valence-corrected chi connectivity index (χ3v) is 3.77. The average molecular weight is 315 g/mol. The molecule has 0 radical (unpaired) electrons. The molecule has 0 spiro atoms. The van der Waals surface area contributed by atoms with Crippen molar-refractivity contribution in [2.45, 2.75) is 45.2 Å². The van der Waals surface area contributed by atoms with E-state index in [1.165, 1.54) is 12.7 Å². The lowest BCUT2D eigenvalue weighted by molar-refractivity contribution is -0.123. The number of carbonyl (C=O) groups is 1. The van der Waals surface area contributed by atoms with Gasteiger partial charge >= 0.3 is 0 Å². The molecule has 0 fully saturated rings. The van der Waals surface area contributed by atoms with E-state index in [0.29, 0.717) is 6.54 Å². The monoisotopic (exact) mass is 314 g/mol. The number of hydrogen-bond donors (Lipinski definition) is 2. The maximum absolute atomic E-state index is 11.7. The third kappa shape index (κ3) is 6.04. The van der Waals surface area contributed by atoms with Crippen LogP contribution >= 0.6 is 12.4 Å². The molecule has 0 aromatic heterocycles. The highest BCUT2D eigenvalue weighted by Crippen LogP contribution is 2.26. The van der Waals surface area contributed by atoms with Gasteiger partial charge in [0.05, 0.1) is 6.61 Å². The average Bonchev–Trinajstić information content (AvgIpc) is 2.45. The number of benzene rings is 1. The Morgan fingerprint density at radius 1 is 1.33 bits per heavy atom. The molecule has 0 saturated heterocycles. The fraction of sp³-hybridized carbons (Fsp3) is 0.562. The molecule has 1 aromatic carbocycles. The second kappa shape index (κ2) is 9.03. The highest BCUT2D eigenvalue weighted by Gasteiger charge is 2.17. The molecule has 1 rings (SSSR count). The van der Waals surface area contributed by atoms with Crippen molar-refractivity contribution < 1.29 is 9.53 Å². The van der Waals surface area contributed by atoms with Crippen molar-refractivity contribution in [1.29, 1.82) is 0 Å². The highest BCUT2D eigenvalue weighted by molar-refractivity contribution is 5.85. The summed E-state index contributed by atoms with van der Waals surface area (Å²) in [6, 6.07) is 7.74. The van der Waals surface area contributed by atoms with Crippen LogP contribution in [0.1, 0.15) is 38.3 Å². The summed E-state index contributed by atoms with van der Waals surface area (Å²) in [4.78, 5) is 11.7. The molecular formula is C16H27ClN2O2. The molecule has 4 nitrogen and oxygen atoms in total. The van der Waals surface area contributed by atoms with Crippen LogP contribution in [-0.4, -0.2) is 25.7 Å². The Hall–Kier alpha value is -1.10. The summed E-state index contributed by atoms with van der Waals surface area (Å²) in [6.07, 6.45) is 1.09. The number of halogens is 1. The minimum Gasteiger partial charge on any atom is -0.383 e. The lowest BCUT2D eigenvalue weighted by Gasteiger charge is -2.23. The second-order valence-corrected chi connectivity index (χ2v) is 5.71. The van der Waals surface area contributed by atoms with Crippen molar-refractivity contribution in [3.8, 4) is 0 Å². The van der Waals surface area contributed by atoms with Gasteiger partial charge in [-0.25, -0.2) is 0 Å². The van der Waals surface area contributed by atoms with Crippen LogP contribution in [-0.2, 0) is 21.5 Å². The van der Waals surface area contributed by atoms with E-state index in [1.807, 2.05) is 0 Å². The van der Waals surface area contributed by atoms with E-state index in [1.54, 1.807) is 0 Å². The second-order valence-electron chi connectivity index (χ2n) is 5.71. The molecule has 0 aliphatic carbocycles. The number of carbonyl (C=O) groups excluding carboxylic acids is 1. The summed E-state index contributed by atoms with van der Waals surface area (Å²) in [7, 11) is 1.53.